The van der Waals surface area contributed by atoms with Gasteiger partial charge in [0.2, 0.25) is 0 Å². The maximum absolute atomic E-state index is 5.96. The average molecular weight is 236 g/mol. The minimum Gasteiger partial charge on any atom is -0.490 e. The van der Waals surface area contributed by atoms with E-state index in [1.807, 2.05) is 18.2 Å². The Balaban J connectivity index is 2.06. The smallest absolute Gasteiger partial charge is 0.154 e. The summed E-state index contributed by atoms with van der Waals surface area (Å²) < 4.78 is 5.56. The molecule has 0 amide bonds. The maximum atomic E-state index is 5.96. The molecule has 2 N–H and O–H groups in total. The lowest BCUT2D eigenvalue weighted by atomic mass is 10.1. The standard InChI is InChI=1S/C11H10ClN3O/c12-11-10(14-6-15-11)7-1-2-8-9(5-7)16-4-3-13-8/h1-2,5-6,13H,3-4H2,(H,14,15). The van der Waals surface area contributed by atoms with Crippen LogP contribution in [0.25, 0.3) is 11.3 Å². The van der Waals surface area contributed by atoms with Crippen molar-refractivity contribution in [1.29, 1.82) is 0 Å². The van der Waals surface area contributed by atoms with Gasteiger partial charge in [0, 0.05) is 12.1 Å². The van der Waals surface area contributed by atoms with E-state index in [1.165, 1.54) is 0 Å². The minimum absolute atomic E-state index is 0.476. The molecule has 0 bridgehead atoms. The molecule has 82 valence electrons. The summed E-state index contributed by atoms with van der Waals surface area (Å²) in [5.41, 5.74) is 2.81. The van der Waals surface area contributed by atoms with E-state index >= 15 is 0 Å². The van der Waals surface area contributed by atoms with Crippen molar-refractivity contribution < 1.29 is 4.74 Å². The molecule has 0 spiro atoms. The van der Waals surface area contributed by atoms with Crippen LogP contribution in [0.4, 0.5) is 5.69 Å². The van der Waals surface area contributed by atoms with E-state index in [0.717, 1.165) is 29.2 Å². The monoisotopic (exact) mass is 235 g/mol. The second-order valence-electron chi connectivity index (χ2n) is 3.55. The third-order valence-corrected chi connectivity index (χ3v) is 2.83. The summed E-state index contributed by atoms with van der Waals surface area (Å²) in [7, 11) is 0. The van der Waals surface area contributed by atoms with Gasteiger partial charge in [-0.1, -0.05) is 17.7 Å². The fourth-order valence-electron chi connectivity index (χ4n) is 1.77. The van der Waals surface area contributed by atoms with Crippen molar-refractivity contribution in [3.05, 3.63) is 29.7 Å². The summed E-state index contributed by atoms with van der Waals surface area (Å²) in [5.74, 6) is 0.856. The lowest BCUT2D eigenvalue weighted by Gasteiger charge is -2.19. The highest BCUT2D eigenvalue weighted by molar-refractivity contribution is 6.31. The van der Waals surface area contributed by atoms with Crippen LogP contribution in [0.3, 0.4) is 0 Å². The Morgan fingerprint density at radius 3 is 3.12 bits per heavy atom. The predicted molar refractivity (Wildman–Crippen MR) is 63.0 cm³/mol. The molecule has 16 heavy (non-hydrogen) atoms. The van der Waals surface area contributed by atoms with Gasteiger partial charge in [-0.05, 0) is 12.1 Å². The molecule has 1 aromatic heterocycles. The number of rotatable bonds is 1. The van der Waals surface area contributed by atoms with E-state index in [1.54, 1.807) is 6.33 Å². The van der Waals surface area contributed by atoms with E-state index < -0.39 is 0 Å². The molecular formula is C11H10ClN3O. The van der Waals surface area contributed by atoms with Gasteiger partial charge in [-0.3, -0.25) is 0 Å². The third kappa shape index (κ3) is 1.51. The molecule has 0 fully saturated rings. The van der Waals surface area contributed by atoms with Crippen LogP contribution in [0.1, 0.15) is 0 Å². The normalized spacial score (nSPS) is 13.8. The molecule has 3 rings (SSSR count). The number of imidazole rings is 1. The number of hydrogen-bond donors (Lipinski definition) is 2. The van der Waals surface area contributed by atoms with Crippen LogP contribution in [0, 0.1) is 0 Å². The molecule has 0 saturated heterocycles. The second kappa shape index (κ2) is 3.72. The number of aromatic nitrogens is 2. The number of ether oxygens (including phenoxy) is 1. The van der Waals surface area contributed by atoms with Crippen molar-refractivity contribution in [2.75, 3.05) is 18.5 Å². The van der Waals surface area contributed by atoms with E-state index in [9.17, 15) is 0 Å². The highest BCUT2D eigenvalue weighted by Gasteiger charge is 2.12. The summed E-state index contributed by atoms with van der Waals surface area (Å²) in [4.78, 5) is 6.97. The van der Waals surface area contributed by atoms with Crippen LogP contribution in [-0.4, -0.2) is 23.1 Å². The van der Waals surface area contributed by atoms with Gasteiger partial charge in [-0.2, -0.15) is 0 Å². The Morgan fingerprint density at radius 2 is 2.31 bits per heavy atom. The van der Waals surface area contributed by atoms with Crippen molar-refractivity contribution in [2.45, 2.75) is 0 Å². The number of hydrogen-bond acceptors (Lipinski definition) is 3. The topological polar surface area (TPSA) is 49.9 Å². The number of H-pyrrole nitrogens is 1. The zero-order chi connectivity index (χ0) is 11.0. The second-order valence-corrected chi connectivity index (χ2v) is 3.91. The van der Waals surface area contributed by atoms with E-state index in [0.29, 0.717) is 11.8 Å². The Kier molecular flexibility index (Phi) is 2.22. The fourth-order valence-corrected chi connectivity index (χ4v) is 1.98. The van der Waals surface area contributed by atoms with Crippen molar-refractivity contribution >= 4 is 17.3 Å². The first-order valence-corrected chi connectivity index (χ1v) is 5.42. The van der Waals surface area contributed by atoms with Crippen LogP contribution < -0.4 is 10.1 Å². The molecule has 0 radical (unpaired) electrons. The number of halogens is 1. The summed E-state index contributed by atoms with van der Waals surface area (Å²) in [6.45, 7) is 1.53. The highest BCUT2D eigenvalue weighted by atomic mass is 35.5. The van der Waals surface area contributed by atoms with Gasteiger partial charge < -0.3 is 15.0 Å². The first-order chi connectivity index (χ1) is 7.84. The van der Waals surface area contributed by atoms with E-state index in [-0.39, 0.29) is 0 Å². The molecule has 0 unspecified atom stereocenters. The largest absolute Gasteiger partial charge is 0.490 e. The van der Waals surface area contributed by atoms with Gasteiger partial charge in [0.1, 0.15) is 12.4 Å². The van der Waals surface area contributed by atoms with Gasteiger partial charge in [0.05, 0.1) is 17.7 Å². The molecule has 2 heterocycles. The van der Waals surface area contributed by atoms with Crippen molar-refractivity contribution in [3.63, 3.8) is 0 Å². The molecular weight excluding hydrogens is 226 g/mol. The van der Waals surface area contributed by atoms with Gasteiger partial charge in [-0.15, -0.1) is 0 Å². The first kappa shape index (κ1) is 9.54. The summed E-state index contributed by atoms with van der Waals surface area (Å²) in [5, 5.41) is 3.74. The van der Waals surface area contributed by atoms with Crippen molar-refractivity contribution in [1.82, 2.24) is 9.97 Å². The molecule has 5 heteroatoms. The lowest BCUT2D eigenvalue weighted by molar-refractivity contribution is 0.323. The van der Waals surface area contributed by atoms with Gasteiger partial charge in [-0.25, -0.2) is 4.98 Å². The van der Waals surface area contributed by atoms with Crippen LogP contribution in [0.15, 0.2) is 24.5 Å². The third-order valence-electron chi connectivity index (χ3n) is 2.54. The number of nitrogens with zero attached hydrogens (tertiary/aromatic N) is 1. The molecule has 1 aliphatic rings. The molecule has 2 aromatic rings. The Bertz CT molecular complexity index is 524. The number of nitrogens with one attached hydrogen (secondary N) is 2. The Hall–Kier alpha value is -1.68. The average Bonchev–Trinajstić information content (AvgIpc) is 2.75. The summed E-state index contributed by atoms with van der Waals surface area (Å²) >= 11 is 5.96. The number of benzene rings is 1. The Morgan fingerprint density at radius 1 is 1.38 bits per heavy atom. The molecule has 1 aromatic carbocycles. The van der Waals surface area contributed by atoms with E-state index in [4.69, 9.17) is 16.3 Å². The van der Waals surface area contributed by atoms with Crippen LogP contribution in [0.2, 0.25) is 5.15 Å². The molecule has 0 aliphatic carbocycles. The van der Waals surface area contributed by atoms with Crippen molar-refractivity contribution in [2.24, 2.45) is 0 Å². The summed E-state index contributed by atoms with van der Waals surface area (Å²) in [6, 6.07) is 5.93. The quantitative estimate of drug-likeness (QED) is 0.799. The molecule has 0 saturated carbocycles. The number of fused-ring (bicyclic) bond motifs is 1. The molecule has 0 atom stereocenters. The Labute approximate surface area is 97.6 Å². The maximum Gasteiger partial charge on any atom is 0.154 e. The predicted octanol–water partition coefficient (Wildman–Crippen LogP) is 2.53. The number of anilines is 1. The lowest BCUT2D eigenvalue weighted by Crippen LogP contribution is -2.17. The SMILES string of the molecule is Clc1nc[nH]c1-c1ccc2c(c1)OCCN2. The zero-order valence-corrected chi connectivity index (χ0v) is 9.21. The van der Waals surface area contributed by atoms with Gasteiger partial charge in [0.25, 0.3) is 0 Å². The highest BCUT2D eigenvalue weighted by Crippen LogP contribution is 2.33. The van der Waals surface area contributed by atoms with E-state index in [2.05, 4.69) is 15.3 Å². The van der Waals surface area contributed by atoms with Crippen LogP contribution in [0.5, 0.6) is 5.75 Å². The molecule has 4 nitrogen and oxygen atoms in total. The zero-order valence-electron chi connectivity index (χ0n) is 8.46. The number of aromatic amines is 1. The van der Waals surface area contributed by atoms with Gasteiger partial charge >= 0.3 is 0 Å². The van der Waals surface area contributed by atoms with Crippen LogP contribution in [-0.2, 0) is 0 Å². The first-order valence-electron chi connectivity index (χ1n) is 5.04. The fraction of sp³-hybridized carbons (Fsp3) is 0.182. The van der Waals surface area contributed by atoms with Gasteiger partial charge in [0.15, 0.2) is 5.15 Å². The van der Waals surface area contributed by atoms with Crippen LogP contribution >= 0.6 is 11.6 Å². The summed E-state index contributed by atoms with van der Waals surface area (Å²) in [6.07, 6.45) is 1.58. The van der Waals surface area contributed by atoms with Crippen molar-refractivity contribution in [3.8, 4) is 17.0 Å². The molecule has 1 aliphatic heterocycles. The minimum atomic E-state index is 0.476.